The maximum atomic E-state index is 12.6. The van der Waals surface area contributed by atoms with Crippen LogP contribution in [0.4, 0.5) is 0 Å². The van der Waals surface area contributed by atoms with Gasteiger partial charge in [0.1, 0.15) is 23.1 Å². The lowest BCUT2D eigenvalue weighted by Crippen LogP contribution is -2.21. The highest BCUT2D eigenvalue weighted by Gasteiger charge is 2.31. The molecule has 3 aromatic rings. The first kappa shape index (κ1) is 25.0. The van der Waals surface area contributed by atoms with E-state index in [2.05, 4.69) is 13.0 Å². The number of allylic oxidation sites excluding steroid dienone is 1. The number of unbranched alkanes of at least 4 members (excludes halogenated alkanes) is 1. The third kappa shape index (κ3) is 5.24. The summed E-state index contributed by atoms with van der Waals surface area (Å²) in [5, 5.41) is 10.3. The smallest absolute Gasteiger partial charge is 0.343 e. The molecule has 0 spiro atoms. The Labute approximate surface area is 214 Å². The van der Waals surface area contributed by atoms with Crippen LogP contribution in [0.1, 0.15) is 47.2 Å². The van der Waals surface area contributed by atoms with Gasteiger partial charge in [-0.25, -0.2) is 4.79 Å². The van der Waals surface area contributed by atoms with Crippen molar-refractivity contribution in [2.75, 3.05) is 13.7 Å². The second-order valence-corrected chi connectivity index (χ2v) is 8.57. The van der Waals surface area contributed by atoms with Crippen LogP contribution in [0.3, 0.4) is 0 Å². The number of fused-ring (bicyclic) bond motifs is 1. The Bertz CT molecular complexity index is 1360. The van der Waals surface area contributed by atoms with Crippen LogP contribution in [0.2, 0.25) is 5.02 Å². The molecule has 0 aromatic heterocycles. The summed E-state index contributed by atoms with van der Waals surface area (Å²) in [5.41, 5.74) is 8.20. The van der Waals surface area contributed by atoms with Crippen molar-refractivity contribution < 1.29 is 23.7 Å². The molecule has 36 heavy (non-hydrogen) atoms. The number of nitriles is 1. The lowest BCUT2D eigenvalue weighted by Gasteiger charge is -2.27. The first-order chi connectivity index (χ1) is 17.4. The van der Waals surface area contributed by atoms with Gasteiger partial charge in [-0.05, 0) is 48.4 Å². The standard InChI is InChI=1S/C28H25ClN2O5/c1-3-4-12-34-23-11-8-17(14-25(23)33-2)26-21-10-9-20(15-24(21)36-27(31)22(26)16-30)35-28(32)18-6-5-7-19(29)13-18/h5-11,13-15,26H,3-4,12,31H2,1-2H3. The van der Waals surface area contributed by atoms with E-state index in [1.54, 1.807) is 43.5 Å². The van der Waals surface area contributed by atoms with Crippen LogP contribution in [-0.2, 0) is 0 Å². The molecule has 0 fully saturated rings. The van der Waals surface area contributed by atoms with Crippen molar-refractivity contribution in [3.8, 4) is 29.1 Å². The van der Waals surface area contributed by atoms with Crippen LogP contribution in [0.25, 0.3) is 0 Å². The number of hydrogen-bond donors (Lipinski definition) is 1. The van der Waals surface area contributed by atoms with E-state index in [4.69, 9.17) is 36.3 Å². The third-order valence-corrected chi connectivity index (χ3v) is 5.97. The maximum absolute atomic E-state index is 12.6. The predicted octanol–water partition coefficient (Wildman–Crippen LogP) is 5.96. The zero-order chi connectivity index (χ0) is 25.7. The fourth-order valence-electron chi connectivity index (χ4n) is 3.93. The van der Waals surface area contributed by atoms with Gasteiger partial charge in [0.15, 0.2) is 11.5 Å². The van der Waals surface area contributed by atoms with Gasteiger partial charge in [-0.15, -0.1) is 0 Å². The zero-order valence-corrected chi connectivity index (χ0v) is 20.7. The van der Waals surface area contributed by atoms with Gasteiger partial charge in [0.2, 0.25) is 5.88 Å². The minimum Gasteiger partial charge on any atom is -0.493 e. The maximum Gasteiger partial charge on any atom is 0.343 e. The Morgan fingerprint density at radius 3 is 2.69 bits per heavy atom. The first-order valence-electron chi connectivity index (χ1n) is 11.4. The molecule has 1 aliphatic rings. The largest absolute Gasteiger partial charge is 0.493 e. The van der Waals surface area contributed by atoms with Gasteiger partial charge in [-0.2, -0.15) is 5.26 Å². The quantitative estimate of drug-likeness (QED) is 0.229. The van der Waals surface area contributed by atoms with E-state index in [1.165, 1.54) is 6.07 Å². The fourth-order valence-corrected chi connectivity index (χ4v) is 4.12. The van der Waals surface area contributed by atoms with E-state index in [1.807, 2.05) is 18.2 Å². The molecular formula is C28H25ClN2O5. The van der Waals surface area contributed by atoms with Crippen LogP contribution in [-0.4, -0.2) is 19.7 Å². The van der Waals surface area contributed by atoms with Crippen molar-refractivity contribution in [2.24, 2.45) is 5.73 Å². The summed E-state index contributed by atoms with van der Waals surface area (Å²) < 4.78 is 22.7. The molecular weight excluding hydrogens is 480 g/mol. The second-order valence-electron chi connectivity index (χ2n) is 8.14. The average molecular weight is 505 g/mol. The van der Waals surface area contributed by atoms with Gasteiger partial charge < -0.3 is 24.7 Å². The number of rotatable bonds is 8. The Morgan fingerprint density at radius 1 is 1.14 bits per heavy atom. The van der Waals surface area contributed by atoms with E-state index in [-0.39, 0.29) is 17.2 Å². The van der Waals surface area contributed by atoms with Crippen LogP contribution >= 0.6 is 11.6 Å². The number of hydrogen-bond acceptors (Lipinski definition) is 7. The van der Waals surface area contributed by atoms with Crippen LogP contribution < -0.4 is 24.7 Å². The van der Waals surface area contributed by atoms with E-state index in [0.29, 0.717) is 40.0 Å². The number of nitrogens with zero attached hydrogens (tertiary/aromatic N) is 1. The Balaban J connectivity index is 1.67. The summed E-state index contributed by atoms with van der Waals surface area (Å²) >= 11 is 5.98. The van der Waals surface area contributed by atoms with Crippen molar-refractivity contribution in [2.45, 2.75) is 25.7 Å². The normalized spacial score (nSPS) is 14.3. The highest BCUT2D eigenvalue weighted by molar-refractivity contribution is 6.30. The number of benzene rings is 3. The molecule has 0 amide bonds. The molecule has 0 saturated heterocycles. The average Bonchev–Trinajstić information content (AvgIpc) is 2.88. The van der Waals surface area contributed by atoms with E-state index in [0.717, 1.165) is 18.4 Å². The lowest BCUT2D eigenvalue weighted by atomic mass is 9.83. The van der Waals surface area contributed by atoms with Gasteiger partial charge in [-0.3, -0.25) is 0 Å². The molecule has 8 heteroatoms. The predicted molar refractivity (Wildman–Crippen MR) is 136 cm³/mol. The van der Waals surface area contributed by atoms with Gasteiger partial charge in [0, 0.05) is 16.7 Å². The van der Waals surface area contributed by atoms with Gasteiger partial charge in [-0.1, -0.05) is 43.1 Å². The second kappa shape index (κ2) is 11.1. The molecule has 0 saturated carbocycles. The Kier molecular flexibility index (Phi) is 7.67. The van der Waals surface area contributed by atoms with Crippen molar-refractivity contribution in [3.63, 3.8) is 0 Å². The minimum absolute atomic E-state index is 0.0180. The molecule has 3 aromatic carbocycles. The van der Waals surface area contributed by atoms with E-state index >= 15 is 0 Å². The molecule has 1 unspecified atom stereocenters. The Hall–Kier alpha value is -4.15. The summed E-state index contributed by atoms with van der Waals surface area (Å²) in [4.78, 5) is 12.6. The summed E-state index contributed by atoms with van der Waals surface area (Å²) in [6.07, 6.45) is 1.95. The van der Waals surface area contributed by atoms with E-state index < -0.39 is 11.9 Å². The van der Waals surface area contributed by atoms with Crippen LogP contribution in [0.5, 0.6) is 23.0 Å². The molecule has 1 atom stereocenters. The molecule has 7 nitrogen and oxygen atoms in total. The molecule has 0 bridgehead atoms. The van der Waals surface area contributed by atoms with Crippen molar-refractivity contribution in [1.29, 1.82) is 5.26 Å². The minimum atomic E-state index is -0.561. The third-order valence-electron chi connectivity index (χ3n) is 5.74. The number of ether oxygens (including phenoxy) is 4. The first-order valence-corrected chi connectivity index (χ1v) is 11.8. The van der Waals surface area contributed by atoms with Crippen molar-refractivity contribution in [3.05, 3.63) is 93.8 Å². The number of carbonyl (C=O) groups excluding carboxylic acids is 1. The van der Waals surface area contributed by atoms with Crippen LogP contribution in [0.15, 0.2) is 72.1 Å². The fraction of sp³-hybridized carbons (Fsp3) is 0.214. The lowest BCUT2D eigenvalue weighted by molar-refractivity contribution is 0.0734. The monoisotopic (exact) mass is 504 g/mol. The SMILES string of the molecule is CCCCOc1ccc(C2C(C#N)=C(N)Oc3cc(OC(=O)c4cccc(Cl)c4)ccc32)cc1OC. The highest BCUT2D eigenvalue weighted by Crippen LogP contribution is 2.45. The van der Waals surface area contributed by atoms with Crippen molar-refractivity contribution in [1.82, 2.24) is 0 Å². The molecule has 0 aliphatic carbocycles. The Morgan fingerprint density at radius 2 is 1.97 bits per heavy atom. The highest BCUT2D eigenvalue weighted by atomic mass is 35.5. The van der Waals surface area contributed by atoms with Crippen LogP contribution in [0, 0.1) is 11.3 Å². The molecule has 4 rings (SSSR count). The molecule has 184 valence electrons. The molecule has 1 heterocycles. The van der Waals surface area contributed by atoms with Crippen molar-refractivity contribution >= 4 is 17.6 Å². The molecule has 1 aliphatic heterocycles. The molecule has 0 radical (unpaired) electrons. The number of methoxy groups -OCH3 is 1. The summed E-state index contributed by atoms with van der Waals surface area (Å²) in [7, 11) is 1.57. The van der Waals surface area contributed by atoms with E-state index in [9.17, 15) is 10.1 Å². The topological polar surface area (TPSA) is 104 Å². The summed E-state index contributed by atoms with van der Waals surface area (Å²) in [6, 6.07) is 19.2. The van der Waals surface area contributed by atoms with Gasteiger partial charge in [0.05, 0.1) is 25.2 Å². The zero-order valence-electron chi connectivity index (χ0n) is 19.9. The number of carbonyl (C=O) groups is 1. The summed E-state index contributed by atoms with van der Waals surface area (Å²) in [6.45, 7) is 2.68. The van der Waals surface area contributed by atoms with Gasteiger partial charge >= 0.3 is 5.97 Å². The summed E-state index contributed by atoms with van der Waals surface area (Å²) in [5.74, 6) is 0.749. The number of halogens is 1. The van der Waals surface area contributed by atoms with Gasteiger partial charge in [0.25, 0.3) is 0 Å². The number of esters is 1. The molecule has 2 N–H and O–H groups in total. The number of nitrogens with two attached hydrogens (primary N) is 1.